The molecule has 0 spiro atoms. The van der Waals surface area contributed by atoms with Crippen molar-refractivity contribution < 1.29 is 9.59 Å². The predicted octanol–water partition coefficient (Wildman–Crippen LogP) is 2.29. The fourth-order valence-corrected chi connectivity index (χ4v) is 3.27. The minimum atomic E-state index is -0.215. The summed E-state index contributed by atoms with van der Waals surface area (Å²) in [6.07, 6.45) is 0. The van der Waals surface area contributed by atoms with E-state index >= 15 is 0 Å². The Hall–Kier alpha value is -2.71. The molecule has 1 aliphatic rings. The van der Waals surface area contributed by atoms with E-state index in [2.05, 4.69) is 17.2 Å². The molecule has 4 nitrogen and oxygen atoms in total. The van der Waals surface area contributed by atoms with Gasteiger partial charge in [-0.05, 0) is 24.3 Å². The summed E-state index contributed by atoms with van der Waals surface area (Å²) in [5.41, 5.74) is 1.70. The highest BCUT2D eigenvalue weighted by atomic mass is 32.2. The number of rotatable bonds is 3. The van der Waals surface area contributed by atoms with Gasteiger partial charge in [-0.1, -0.05) is 42.2 Å². The van der Waals surface area contributed by atoms with Crippen LogP contribution in [0.1, 0.15) is 5.56 Å². The van der Waals surface area contributed by atoms with Crippen molar-refractivity contribution in [3.8, 4) is 11.8 Å². The van der Waals surface area contributed by atoms with Crippen LogP contribution in [0.2, 0.25) is 0 Å². The third-order valence-corrected chi connectivity index (χ3v) is 4.54. The van der Waals surface area contributed by atoms with Gasteiger partial charge in [0, 0.05) is 10.5 Å². The maximum Gasteiger partial charge on any atom is 0.240 e. The monoisotopic (exact) mass is 336 g/mol. The van der Waals surface area contributed by atoms with Crippen molar-refractivity contribution in [2.75, 3.05) is 23.7 Å². The topological polar surface area (TPSA) is 49.4 Å². The molecule has 1 N–H and O–H groups in total. The molecule has 24 heavy (non-hydrogen) atoms. The summed E-state index contributed by atoms with van der Waals surface area (Å²) in [4.78, 5) is 26.8. The average molecular weight is 336 g/mol. The zero-order valence-electron chi connectivity index (χ0n) is 13.0. The largest absolute Gasteiger partial charge is 0.344 e. The molecule has 5 heteroatoms. The highest BCUT2D eigenvalue weighted by molar-refractivity contribution is 8.00. The maximum absolute atomic E-state index is 12.1. The highest BCUT2D eigenvalue weighted by Crippen LogP contribution is 2.34. The van der Waals surface area contributed by atoms with E-state index in [1.807, 2.05) is 54.6 Å². The van der Waals surface area contributed by atoms with E-state index in [4.69, 9.17) is 0 Å². The first-order chi connectivity index (χ1) is 11.7. The number of carbonyl (C=O) groups is 2. The number of nitrogens with zero attached hydrogens (tertiary/aromatic N) is 1. The second-order valence-electron chi connectivity index (χ2n) is 5.18. The summed E-state index contributed by atoms with van der Waals surface area (Å²) in [6.45, 7) is 0.273. The summed E-state index contributed by atoms with van der Waals surface area (Å²) in [5.74, 6) is 5.98. The van der Waals surface area contributed by atoms with Crippen molar-refractivity contribution >= 4 is 29.3 Å². The lowest BCUT2D eigenvalue weighted by Gasteiger charge is -2.28. The number of nitrogens with one attached hydrogen (secondary N) is 1. The quantitative estimate of drug-likeness (QED) is 0.875. The van der Waals surface area contributed by atoms with E-state index in [1.165, 1.54) is 16.7 Å². The summed E-state index contributed by atoms with van der Waals surface area (Å²) in [5, 5.41) is 2.74. The van der Waals surface area contributed by atoms with Crippen molar-refractivity contribution in [2.45, 2.75) is 4.90 Å². The van der Waals surface area contributed by atoms with Gasteiger partial charge in [0.2, 0.25) is 11.8 Å². The molecular weight excluding hydrogens is 320 g/mol. The van der Waals surface area contributed by atoms with Crippen LogP contribution in [-0.2, 0) is 9.59 Å². The molecule has 0 saturated heterocycles. The fourth-order valence-electron chi connectivity index (χ4n) is 2.34. The van der Waals surface area contributed by atoms with Gasteiger partial charge in [0.15, 0.2) is 0 Å². The molecule has 2 amide bonds. The van der Waals surface area contributed by atoms with Crippen molar-refractivity contribution in [1.29, 1.82) is 0 Å². The molecule has 1 heterocycles. The van der Waals surface area contributed by atoms with Crippen LogP contribution in [0, 0.1) is 11.8 Å². The van der Waals surface area contributed by atoms with Crippen molar-refractivity contribution in [1.82, 2.24) is 5.32 Å². The summed E-state index contributed by atoms with van der Waals surface area (Å²) < 4.78 is 0. The van der Waals surface area contributed by atoms with Gasteiger partial charge in [-0.2, -0.15) is 0 Å². The number of amides is 2. The average Bonchev–Trinajstić information content (AvgIpc) is 2.62. The fraction of sp³-hybridized carbons (Fsp3) is 0.158. The van der Waals surface area contributed by atoms with Gasteiger partial charge in [0.05, 0.1) is 18.0 Å². The third-order valence-electron chi connectivity index (χ3n) is 3.49. The summed E-state index contributed by atoms with van der Waals surface area (Å²) in [7, 11) is 0. The number of thioether (sulfide) groups is 1. The lowest BCUT2D eigenvalue weighted by atomic mass is 10.2. The minimum absolute atomic E-state index is 0.0173. The number of hydrogen-bond acceptors (Lipinski definition) is 3. The second-order valence-corrected chi connectivity index (χ2v) is 6.20. The Balaban J connectivity index is 1.57. The van der Waals surface area contributed by atoms with Crippen molar-refractivity contribution in [3.05, 3.63) is 60.2 Å². The molecule has 120 valence electrons. The Labute approximate surface area is 145 Å². The zero-order chi connectivity index (χ0) is 16.8. The SMILES string of the molecule is O=C(CN1C(=O)CSc2ccccc21)NCC#Cc1ccccc1. The first kappa shape index (κ1) is 16.2. The predicted molar refractivity (Wildman–Crippen MR) is 95.8 cm³/mol. The van der Waals surface area contributed by atoms with E-state index in [0.29, 0.717) is 5.75 Å². The molecular formula is C19H16N2O2S. The molecule has 2 aromatic carbocycles. The highest BCUT2D eigenvalue weighted by Gasteiger charge is 2.25. The van der Waals surface area contributed by atoms with E-state index < -0.39 is 0 Å². The summed E-state index contributed by atoms with van der Waals surface area (Å²) >= 11 is 1.50. The molecule has 0 radical (unpaired) electrons. The van der Waals surface area contributed by atoms with E-state index in [-0.39, 0.29) is 24.9 Å². The van der Waals surface area contributed by atoms with E-state index in [9.17, 15) is 9.59 Å². The van der Waals surface area contributed by atoms with Crippen LogP contribution in [0.25, 0.3) is 0 Å². The van der Waals surface area contributed by atoms with Gasteiger partial charge >= 0.3 is 0 Å². The van der Waals surface area contributed by atoms with Gasteiger partial charge in [0.25, 0.3) is 0 Å². The number of para-hydroxylation sites is 1. The van der Waals surface area contributed by atoms with E-state index in [0.717, 1.165) is 16.1 Å². The Morgan fingerprint density at radius 2 is 1.88 bits per heavy atom. The van der Waals surface area contributed by atoms with Crippen molar-refractivity contribution in [2.24, 2.45) is 0 Å². The van der Waals surface area contributed by atoms with E-state index in [1.54, 1.807) is 0 Å². The molecule has 0 aliphatic carbocycles. The number of fused-ring (bicyclic) bond motifs is 1. The van der Waals surface area contributed by atoms with Crippen molar-refractivity contribution in [3.63, 3.8) is 0 Å². The first-order valence-corrected chi connectivity index (χ1v) is 8.55. The number of anilines is 1. The van der Waals surface area contributed by atoms with Crippen LogP contribution in [-0.4, -0.2) is 30.7 Å². The van der Waals surface area contributed by atoms with Gasteiger partial charge < -0.3 is 10.2 Å². The lowest BCUT2D eigenvalue weighted by molar-refractivity contribution is -0.122. The number of hydrogen-bond donors (Lipinski definition) is 1. The van der Waals surface area contributed by atoms with Crippen LogP contribution >= 0.6 is 11.8 Å². The molecule has 2 aromatic rings. The third kappa shape index (κ3) is 3.98. The Morgan fingerprint density at radius 1 is 1.12 bits per heavy atom. The molecule has 0 saturated carbocycles. The van der Waals surface area contributed by atoms with Crippen LogP contribution in [0.5, 0.6) is 0 Å². The molecule has 0 fully saturated rings. The van der Waals surface area contributed by atoms with Crippen LogP contribution in [0.3, 0.4) is 0 Å². The van der Waals surface area contributed by atoms with Gasteiger partial charge in [-0.3, -0.25) is 9.59 Å². The smallest absolute Gasteiger partial charge is 0.240 e. The molecule has 1 aliphatic heterocycles. The van der Waals surface area contributed by atoms with Crippen LogP contribution in [0.4, 0.5) is 5.69 Å². The Kier molecular flexibility index (Phi) is 5.19. The Bertz CT molecular complexity index is 809. The Morgan fingerprint density at radius 3 is 2.71 bits per heavy atom. The van der Waals surface area contributed by atoms with Gasteiger partial charge in [-0.25, -0.2) is 0 Å². The molecule has 0 bridgehead atoms. The van der Waals surface area contributed by atoms with Gasteiger partial charge in [0.1, 0.15) is 6.54 Å². The number of benzene rings is 2. The lowest BCUT2D eigenvalue weighted by Crippen LogP contribution is -2.43. The summed E-state index contributed by atoms with van der Waals surface area (Å²) in [6, 6.07) is 17.2. The maximum atomic E-state index is 12.1. The standard InChI is InChI=1S/C19H16N2O2S/c22-18(20-12-6-9-15-7-2-1-3-8-15)13-21-16-10-4-5-11-17(16)24-14-19(21)23/h1-5,7-8,10-11H,12-14H2,(H,20,22). The second kappa shape index (κ2) is 7.71. The van der Waals surface area contributed by atoms with Crippen LogP contribution in [0.15, 0.2) is 59.5 Å². The van der Waals surface area contributed by atoms with Gasteiger partial charge in [-0.15, -0.1) is 11.8 Å². The molecule has 0 unspecified atom stereocenters. The molecule has 3 rings (SSSR count). The molecule has 0 atom stereocenters. The number of carbonyl (C=O) groups excluding carboxylic acids is 2. The first-order valence-electron chi connectivity index (χ1n) is 7.57. The minimum Gasteiger partial charge on any atom is -0.344 e. The normalized spacial score (nSPS) is 12.8. The molecule has 0 aromatic heterocycles. The zero-order valence-corrected chi connectivity index (χ0v) is 13.8. The van der Waals surface area contributed by atoms with Crippen LogP contribution < -0.4 is 10.2 Å².